The highest BCUT2D eigenvalue weighted by atomic mass is 16.5. The summed E-state index contributed by atoms with van der Waals surface area (Å²) in [7, 11) is 3.42. The molecule has 6 aliphatic rings. The molecule has 10 nitrogen and oxygen atoms in total. The Kier molecular flexibility index (Phi) is 10.0. The molecule has 0 amide bonds. The van der Waals surface area contributed by atoms with Gasteiger partial charge in [-0.15, -0.1) is 10.2 Å². The number of benzene rings is 3. The summed E-state index contributed by atoms with van der Waals surface area (Å²) in [4.78, 5) is 14.8. The van der Waals surface area contributed by atoms with Crippen molar-refractivity contribution >= 4 is 32.6 Å². The topological polar surface area (TPSA) is 95.0 Å². The Balaban J connectivity index is 1.06. The van der Waals surface area contributed by atoms with Crippen LogP contribution in [0.25, 0.3) is 32.6 Å². The maximum atomic E-state index is 7.30. The second kappa shape index (κ2) is 15.6. The number of aromatic nitrogens is 4. The van der Waals surface area contributed by atoms with Crippen molar-refractivity contribution in [2.45, 2.75) is 76.7 Å². The van der Waals surface area contributed by atoms with E-state index in [9.17, 15) is 0 Å². The van der Waals surface area contributed by atoms with Crippen molar-refractivity contribution in [1.82, 2.24) is 30.0 Å². The zero-order valence-electron chi connectivity index (χ0n) is 34.1. The van der Waals surface area contributed by atoms with E-state index in [2.05, 4.69) is 72.2 Å². The monoisotopic (exact) mass is 778 g/mol. The largest absolute Gasteiger partial charge is 0.497 e. The van der Waals surface area contributed by atoms with Crippen molar-refractivity contribution in [1.29, 1.82) is 0 Å². The van der Waals surface area contributed by atoms with Crippen molar-refractivity contribution in [2.75, 3.05) is 40.4 Å². The van der Waals surface area contributed by atoms with Gasteiger partial charge in [0.15, 0.2) is 0 Å². The summed E-state index contributed by atoms with van der Waals surface area (Å²) < 4.78 is 26.0. The van der Waals surface area contributed by atoms with Gasteiger partial charge in [-0.3, -0.25) is 19.8 Å². The third kappa shape index (κ3) is 6.58. The maximum absolute atomic E-state index is 7.30. The highest BCUT2D eigenvalue weighted by molar-refractivity contribution is 5.91. The van der Waals surface area contributed by atoms with Gasteiger partial charge in [0.1, 0.15) is 23.7 Å². The molecule has 6 aromatic rings. The van der Waals surface area contributed by atoms with Gasteiger partial charge >= 0.3 is 0 Å². The molecule has 6 aliphatic heterocycles. The first-order chi connectivity index (χ1) is 28.5. The van der Waals surface area contributed by atoms with Crippen LogP contribution in [0.4, 0.5) is 0 Å². The number of pyridine rings is 2. The molecular weight excluding hydrogens is 725 g/mol. The molecule has 12 rings (SSSR count). The molecule has 58 heavy (non-hydrogen) atoms. The van der Waals surface area contributed by atoms with E-state index in [1.807, 2.05) is 36.7 Å². The molecule has 6 saturated heterocycles. The van der Waals surface area contributed by atoms with Gasteiger partial charge in [0.05, 0.1) is 48.1 Å². The lowest BCUT2D eigenvalue weighted by molar-refractivity contribution is -0.0505. The Bertz CT molecular complexity index is 2280. The first-order valence-electron chi connectivity index (χ1n) is 21.5. The van der Waals surface area contributed by atoms with Gasteiger partial charge in [-0.05, 0) is 123 Å². The number of ether oxygens (including phenoxy) is 4. The van der Waals surface area contributed by atoms with Crippen LogP contribution < -0.4 is 18.9 Å². The number of piperidine rings is 6. The molecule has 10 heteroatoms. The van der Waals surface area contributed by atoms with Crippen LogP contribution in [0.3, 0.4) is 0 Å². The summed E-state index contributed by atoms with van der Waals surface area (Å²) in [5.74, 6) is 5.39. The Morgan fingerprint density at radius 1 is 0.603 bits per heavy atom. The Morgan fingerprint density at radius 2 is 1.07 bits per heavy atom. The number of hydrogen-bond donors (Lipinski definition) is 0. The minimum Gasteiger partial charge on any atom is -0.497 e. The lowest BCUT2D eigenvalue weighted by Gasteiger charge is -2.52. The van der Waals surface area contributed by atoms with Crippen molar-refractivity contribution in [3.8, 4) is 23.3 Å². The molecule has 0 saturated carbocycles. The van der Waals surface area contributed by atoms with E-state index in [4.69, 9.17) is 39.1 Å². The molecular formula is C48H54N6O4. The number of fused-ring (bicyclic) bond motifs is 9. The van der Waals surface area contributed by atoms with Crippen molar-refractivity contribution < 1.29 is 18.9 Å². The lowest BCUT2D eigenvalue weighted by atomic mass is 9.72. The van der Waals surface area contributed by atoms with Gasteiger partial charge in [0.2, 0.25) is 11.8 Å². The van der Waals surface area contributed by atoms with Gasteiger partial charge in [-0.25, -0.2) is 0 Å². The number of methoxy groups -OCH3 is 2. The van der Waals surface area contributed by atoms with Crippen LogP contribution in [0.1, 0.15) is 75.7 Å². The minimum atomic E-state index is -0.300. The molecule has 0 aliphatic carbocycles. The van der Waals surface area contributed by atoms with Crippen LogP contribution in [0.5, 0.6) is 23.3 Å². The highest BCUT2D eigenvalue weighted by Crippen LogP contribution is 2.47. The maximum Gasteiger partial charge on any atom is 0.242 e. The Hall–Kier alpha value is -5.06. The van der Waals surface area contributed by atoms with Gasteiger partial charge < -0.3 is 18.9 Å². The molecule has 10 atom stereocenters. The van der Waals surface area contributed by atoms with Crippen molar-refractivity contribution in [3.05, 3.63) is 96.3 Å². The van der Waals surface area contributed by atoms with Gasteiger partial charge in [-0.1, -0.05) is 38.8 Å². The summed E-state index contributed by atoms with van der Waals surface area (Å²) in [6.45, 7) is 9.00. The number of hydrogen-bond acceptors (Lipinski definition) is 10. The molecule has 4 bridgehead atoms. The first kappa shape index (κ1) is 37.2. The SMILES string of the molecule is CC[C@@H]1CN2CC[C@@H]1C[C@@H]2C(Oc1nnc(OC(c2ccnc3ccc(OC)cc23)[C@H]2C[C@@H]3CCN2C[C@@H]3CC)c2ccccc12)c1ccnc2ccc(OC)cc12. The average molecular weight is 779 g/mol. The van der Waals surface area contributed by atoms with Crippen LogP contribution in [-0.4, -0.2) is 82.4 Å². The van der Waals surface area contributed by atoms with E-state index >= 15 is 0 Å². The predicted molar refractivity (Wildman–Crippen MR) is 227 cm³/mol. The zero-order valence-corrected chi connectivity index (χ0v) is 34.1. The second-order valence-electron chi connectivity index (χ2n) is 17.0. The van der Waals surface area contributed by atoms with E-state index in [0.717, 1.165) is 94.2 Å². The minimum absolute atomic E-state index is 0.180. The summed E-state index contributed by atoms with van der Waals surface area (Å²) >= 11 is 0. The molecule has 3 aromatic heterocycles. The molecule has 3 aromatic carbocycles. The second-order valence-corrected chi connectivity index (χ2v) is 17.0. The van der Waals surface area contributed by atoms with Gasteiger partial charge in [0, 0.05) is 47.4 Å². The van der Waals surface area contributed by atoms with Crippen LogP contribution in [0.2, 0.25) is 0 Å². The summed E-state index contributed by atoms with van der Waals surface area (Å²) in [6.07, 6.45) is 10.2. The molecule has 4 unspecified atom stereocenters. The Morgan fingerprint density at radius 3 is 1.47 bits per heavy atom. The molecule has 6 fully saturated rings. The van der Waals surface area contributed by atoms with E-state index in [1.165, 1.54) is 25.7 Å². The molecule has 9 heterocycles. The third-order valence-electron chi connectivity index (χ3n) is 14.3. The smallest absolute Gasteiger partial charge is 0.242 e. The first-order valence-corrected chi connectivity index (χ1v) is 21.5. The van der Waals surface area contributed by atoms with E-state index in [1.54, 1.807) is 14.2 Å². The quantitative estimate of drug-likeness (QED) is 0.120. The van der Waals surface area contributed by atoms with Crippen LogP contribution >= 0.6 is 0 Å². The Labute approximate surface area is 340 Å². The molecule has 0 N–H and O–H groups in total. The van der Waals surface area contributed by atoms with Gasteiger partial charge in [-0.2, -0.15) is 0 Å². The normalized spacial score (nSPS) is 27.4. The van der Waals surface area contributed by atoms with Gasteiger partial charge in [0.25, 0.3) is 0 Å². The summed E-state index contributed by atoms with van der Waals surface area (Å²) in [6, 6.07) is 25.1. The number of nitrogens with zero attached hydrogens (tertiary/aromatic N) is 6. The van der Waals surface area contributed by atoms with Crippen LogP contribution in [0.15, 0.2) is 85.2 Å². The summed E-state index contributed by atoms with van der Waals surface area (Å²) in [5.41, 5.74) is 4.01. The fourth-order valence-electron chi connectivity index (χ4n) is 11.1. The fourth-order valence-corrected chi connectivity index (χ4v) is 11.1. The van der Waals surface area contributed by atoms with E-state index in [0.29, 0.717) is 35.4 Å². The standard InChI is InChI=1S/C48H54N6O4/c1-5-29-27-53-21-17-31(29)23-43(53)45(35-15-19-49-41-13-11-33(55-3)25-39(35)41)57-47-37-9-7-8-10-38(37)48(52-51-47)58-46(44-24-32-18-22-54(44)28-30(32)6-2)36-16-20-50-42-14-12-34(56-4)26-40(36)42/h7-16,19-20,25-26,29-32,43-46H,5-6,17-18,21-24,27-28H2,1-4H3/t29-,30+,31-,32+,43-,44-,45?,46?/m1/s1. The van der Waals surface area contributed by atoms with Crippen molar-refractivity contribution in [3.63, 3.8) is 0 Å². The third-order valence-corrected chi connectivity index (χ3v) is 14.3. The zero-order chi connectivity index (χ0) is 39.3. The summed E-state index contributed by atoms with van der Waals surface area (Å²) in [5, 5.41) is 13.7. The van der Waals surface area contributed by atoms with E-state index in [-0.39, 0.29) is 24.3 Å². The van der Waals surface area contributed by atoms with E-state index < -0.39 is 0 Å². The lowest BCUT2D eigenvalue weighted by Crippen LogP contribution is -2.56. The highest BCUT2D eigenvalue weighted by Gasteiger charge is 2.46. The van der Waals surface area contributed by atoms with Crippen LogP contribution in [0, 0.1) is 23.7 Å². The fraction of sp³-hybridized carbons (Fsp3) is 0.458. The predicted octanol–water partition coefficient (Wildman–Crippen LogP) is 9.22. The molecule has 0 spiro atoms. The van der Waals surface area contributed by atoms with Crippen molar-refractivity contribution in [2.24, 2.45) is 23.7 Å². The van der Waals surface area contributed by atoms with Crippen LogP contribution in [-0.2, 0) is 0 Å². The average Bonchev–Trinajstić information content (AvgIpc) is 3.29. The molecule has 300 valence electrons. The molecule has 0 radical (unpaired) electrons. The number of rotatable bonds is 12.